The summed E-state index contributed by atoms with van der Waals surface area (Å²) in [6, 6.07) is 69.7. The van der Waals surface area contributed by atoms with E-state index in [1.807, 2.05) is 0 Å². The summed E-state index contributed by atoms with van der Waals surface area (Å²) < 4.78 is 0. The predicted molar refractivity (Wildman–Crippen MR) is 306 cm³/mol. The highest BCUT2D eigenvalue weighted by Gasteiger charge is 2.29. The van der Waals surface area contributed by atoms with Crippen LogP contribution in [0.25, 0.3) is 54.2 Å². The molecule has 0 heterocycles. The molecule has 350 valence electrons. The van der Waals surface area contributed by atoms with Crippen LogP contribution in [0, 0.1) is 13.8 Å². The number of hydrogen-bond acceptors (Lipinski definition) is 2. The number of fused-ring (bicyclic) bond motifs is 4. The summed E-state index contributed by atoms with van der Waals surface area (Å²) >= 11 is 0. The van der Waals surface area contributed by atoms with Crippen molar-refractivity contribution in [3.63, 3.8) is 0 Å². The van der Waals surface area contributed by atoms with E-state index in [0.717, 1.165) is 22.7 Å². The Bertz CT molecular complexity index is 3300. The molecule has 0 amide bonds. The SMILES string of the molecule is Cc1ccc(N(c2ccc(C(C)C)cc2)c2c3ccccc3c(-c3c4ccccc4c(N(c4ccc(C)cc4)c4ccc(C(C)C)cc4)c4cc(C(C)(C)C)ccc34)c3ccc(C(C)(C)C)cc23)cc1. The maximum Gasteiger partial charge on any atom is 0.0618 e. The molecule has 0 aliphatic rings. The summed E-state index contributed by atoms with van der Waals surface area (Å²) in [4.78, 5) is 5.03. The second kappa shape index (κ2) is 18.0. The highest BCUT2D eigenvalue weighted by Crippen LogP contribution is 2.54. The average Bonchev–Trinajstić information content (AvgIpc) is 3.34. The lowest BCUT2D eigenvalue weighted by Gasteiger charge is -2.32. The molecular formula is C68H68N2. The molecule has 0 saturated heterocycles. The third kappa shape index (κ3) is 8.42. The first-order chi connectivity index (χ1) is 33.5. The van der Waals surface area contributed by atoms with Gasteiger partial charge in [0.25, 0.3) is 0 Å². The van der Waals surface area contributed by atoms with E-state index >= 15 is 0 Å². The van der Waals surface area contributed by atoms with E-state index in [2.05, 4.69) is 275 Å². The van der Waals surface area contributed by atoms with Gasteiger partial charge in [-0.15, -0.1) is 0 Å². The summed E-state index contributed by atoms with van der Waals surface area (Å²) in [5, 5.41) is 9.80. The van der Waals surface area contributed by atoms with E-state index in [0.29, 0.717) is 11.8 Å². The van der Waals surface area contributed by atoms with Crippen molar-refractivity contribution < 1.29 is 0 Å². The molecule has 0 aromatic heterocycles. The fraction of sp³-hybridized carbons (Fsp3) is 0.235. The first kappa shape index (κ1) is 46.6. The lowest BCUT2D eigenvalue weighted by atomic mass is 9.80. The van der Waals surface area contributed by atoms with Gasteiger partial charge in [0.15, 0.2) is 0 Å². The molecule has 0 unspecified atom stereocenters. The van der Waals surface area contributed by atoms with Gasteiger partial charge in [-0.25, -0.2) is 0 Å². The van der Waals surface area contributed by atoms with Crippen LogP contribution < -0.4 is 9.80 Å². The number of benzene rings is 10. The van der Waals surface area contributed by atoms with Crippen molar-refractivity contribution in [1.29, 1.82) is 0 Å². The Kier molecular flexibility index (Phi) is 12.0. The molecule has 0 fully saturated rings. The van der Waals surface area contributed by atoms with E-state index in [4.69, 9.17) is 0 Å². The molecule has 0 aliphatic carbocycles. The van der Waals surface area contributed by atoms with Crippen molar-refractivity contribution in [1.82, 2.24) is 0 Å². The van der Waals surface area contributed by atoms with Crippen LogP contribution in [0.15, 0.2) is 182 Å². The topological polar surface area (TPSA) is 6.48 Å². The van der Waals surface area contributed by atoms with Crippen LogP contribution >= 0.6 is 0 Å². The van der Waals surface area contributed by atoms with Crippen LogP contribution in [-0.4, -0.2) is 0 Å². The van der Waals surface area contributed by atoms with Gasteiger partial charge in [-0.05, 0) is 152 Å². The Labute approximate surface area is 417 Å². The molecule has 0 aliphatic heterocycles. The largest absolute Gasteiger partial charge is 0.309 e. The van der Waals surface area contributed by atoms with E-state index < -0.39 is 0 Å². The minimum Gasteiger partial charge on any atom is -0.309 e. The van der Waals surface area contributed by atoms with Gasteiger partial charge in [0.05, 0.1) is 11.4 Å². The van der Waals surface area contributed by atoms with Crippen LogP contribution in [0.3, 0.4) is 0 Å². The van der Waals surface area contributed by atoms with Gasteiger partial charge in [-0.1, -0.05) is 202 Å². The third-order valence-electron chi connectivity index (χ3n) is 14.6. The molecular weight excluding hydrogens is 845 g/mol. The van der Waals surface area contributed by atoms with Gasteiger partial charge in [0, 0.05) is 44.3 Å². The number of aryl methyl sites for hydroxylation is 2. The molecule has 0 bridgehead atoms. The third-order valence-corrected chi connectivity index (χ3v) is 14.6. The Morgan fingerprint density at radius 3 is 0.900 bits per heavy atom. The molecule has 0 saturated carbocycles. The van der Waals surface area contributed by atoms with Gasteiger partial charge in [0.2, 0.25) is 0 Å². The van der Waals surface area contributed by atoms with Crippen molar-refractivity contribution >= 4 is 77.2 Å². The quantitative estimate of drug-likeness (QED) is 0.133. The number of hydrogen-bond donors (Lipinski definition) is 0. The monoisotopic (exact) mass is 913 g/mol. The van der Waals surface area contributed by atoms with Crippen molar-refractivity contribution in [3.8, 4) is 11.1 Å². The summed E-state index contributed by atoms with van der Waals surface area (Å²) in [7, 11) is 0. The standard InChI is InChI=1S/C68H68N2/c1-43(2)47-25-35-53(36-26-47)69(51-31-21-45(5)22-32-51)65-59-19-15-13-17-55(59)63(57-39-29-49(41-61(57)65)67(7,8)9)64-56-18-14-16-20-60(56)66(62-42-50(68(10,11)12)30-40-58(62)64)70(52-33-23-46(6)24-34-52)54-37-27-48(28-38-54)44(3)4/h13-44H,1-12H3. The van der Waals surface area contributed by atoms with Gasteiger partial charge >= 0.3 is 0 Å². The second-order valence-corrected chi connectivity index (χ2v) is 22.4. The van der Waals surface area contributed by atoms with Crippen LogP contribution in [-0.2, 0) is 10.8 Å². The molecule has 10 aromatic rings. The van der Waals surface area contributed by atoms with Gasteiger partial charge in [0.1, 0.15) is 0 Å². The van der Waals surface area contributed by atoms with Crippen LogP contribution in [0.4, 0.5) is 34.1 Å². The van der Waals surface area contributed by atoms with Crippen molar-refractivity contribution in [3.05, 3.63) is 215 Å². The molecule has 10 aromatic carbocycles. The Hall–Kier alpha value is -7.16. The van der Waals surface area contributed by atoms with Crippen LogP contribution in [0.5, 0.6) is 0 Å². The zero-order valence-corrected chi connectivity index (χ0v) is 43.4. The van der Waals surface area contributed by atoms with Crippen molar-refractivity contribution in [2.75, 3.05) is 9.80 Å². The smallest absolute Gasteiger partial charge is 0.0618 e. The van der Waals surface area contributed by atoms with E-state index in [1.54, 1.807) is 0 Å². The molecule has 10 rings (SSSR count). The maximum atomic E-state index is 2.52. The molecule has 0 N–H and O–H groups in total. The molecule has 70 heavy (non-hydrogen) atoms. The highest BCUT2D eigenvalue weighted by molar-refractivity contribution is 6.31. The summed E-state index contributed by atoms with van der Waals surface area (Å²) in [5.41, 5.74) is 17.0. The minimum absolute atomic E-state index is 0.0813. The molecule has 2 heteroatoms. The van der Waals surface area contributed by atoms with E-state index in [1.165, 1.54) is 99.0 Å². The number of anilines is 6. The Morgan fingerprint density at radius 2 is 0.600 bits per heavy atom. The molecule has 0 spiro atoms. The zero-order valence-electron chi connectivity index (χ0n) is 43.4. The van der Waals surface area contributed by atoms with Gasteiger partial charge in [-0.3, -0.25) is 0 Å². The summed E-state index contributed by atoms with van der Waals surface area (Å²) in [6.45, 7) is 27.4. The van der Waals surface area contributed by atoms with Crippen molar-refractivity contribution in [2.24, 2.45) is 0 Å². The zero-order chi connectivity index (χ0) is 49.2. The first-order valence-electron chi connectivity index (χ1n) is 25.4. The predicted octanol–water partition coefficient (Wildman–Crippen LogP) is 20.4. The van der Waals surface area contributed by atoms with Crippen LogP contribution in [0.2, 0.25) is 0 Å². The fourth-order valence-electron chi connectivity index (χ4n) is 10.5. The molecule has 0 radical (unpaired) electrons. The Balaban J connectivity index is 1.38. The minimum atomic E-state index is -0.0813. The molecule has 0 atom stereocenters. The number of rotatable bonds is 9. The lowest BCUT2D eigenvalue weighted by Crippen LogP contribution is -2.14. The second-order valence-electron chi connectivity index (χ2n) is 22.4. The average molecular weight is 913 g/mol. The summed E-state index contributed by atoms with van der Waals surface area (Å²) in [5.74, 6) is 0.865. The van der Waals surface area contributed by atoms with Crippen molar-refractivity contribution in [2.45, 2.75) is 106 Å². The van der Waals surface area contributed by atoms with Gasteiger partial charge < -0.3 is 9.80 Å². The number of nitrogens with zero attached hydrogens (tertiary/aromatic N) is 2. The fourth-order valence-corrected chi connectivity index (χ4v) is 10.5. The normalized spacial score (nSPS) is 12.3. The lowest BCUT2D eigenvalue weighted by molar-refractivity contribution is 0.591. The van der Waals surface area contributed by atoms with E-state index in [9.17, 15) is 0 Å². The van der Waals surface area contributed by atoms with Crippen LogP contribution in [0.1, 0.15) is 114 Å². The maximum absolute atomic E-state index is 2.52. The van der Waals surface area contributed by atoms with Gasteiger partial charge in [-0.2, -0.15) is 0 Å². The summed E-state index contributed by atoms with van der Waals surface area (Å²) in [6.07, 6.45) is 0. The highest BCUT2D eigenvalue weighted by atomic mass is 15.2. The first-order valence-corrected chi connectivity index (χ1v) is 25.4. The molecule has 2 nitrogen and oxygen atoms in total. The van der Waals surface area contributed by atoms with E-state index in [-0.39, 0.29) is 10.8 Å². The Morgan fingerprint density at radius 1 is 0.314 bits per heavy atom.